The van der Waals surface area contributed by atoms with Crippen molar-refractivity contribution in [3.63, 3.8) is 0 Å². The van der Waals surface area contributed by atoms with Crippen molar-refractivity contribution in [3.05, 3.63) is 11.9 Å². The van der Waals surface area contributed by atoms with Gasteiger partial charge in [0.05, 0.1) is 0 Å². The van der Waals surface area contributed by atoms with Gasteiger partial charge in [0.1, 0.15) is 18.2 Å². The molecule has 0 radical (unpaired) electrons. The number of anilines is 2. The van der Waals surface area contributed by atoms with E-state index in [4.69, 9.17) is 4.74 Å². The molecular weight excluding hydrogens is 264 g/mol. The first-order valence-corrected chi connectivity index (χ1v) is 7.92. The number of hydrogen-bond acceptors (Lipinski definition) is 5. The van der Waals surface area contributed by atoms with E-state index in [1.165, 1.54) is 19.3 Å². The van der Waals surface area contributed by atoms with Gasteiger partial charge in [0.2, 0.25) is 0 Å². The lowest BCUT2D eigenvalue weighted by Crippen LogP contribution is -2.31. The molecule has 1 aromatic heterocycles. The Labute approximate surface area is 127 Å². The average molecular weight is 292 g/mol. The molecule has 1 aromatic rings. The van der Waals surface area contributed by atoms with E-state index < -0.39 is 0 Å². The van der Waals surface area contributed by atoms with Gasteiger partial charge in [-0.15, -0.1) is 0 Å². The molecule has 0 spiro atoms. The normalized spacial score (nSPS) is 20.5. The van der Waals surface area contributed by atoms with Crippen LogP contribution in [0, 0.1) is 5.41 Å². The lowest BCUT2D eigenvalue weighted by atomic mass is 9.87. The molecule has 1 heterocycles. The number of nitrogens with zero attached hydrogens (tertiary/aromatic N) is 2. The van der Waals surface area contributed by atoms with Gasteiger partial charge < -0.3 is 15.4 Å². The van der Waals surface area contributed by atoms with Gasteiger partial charge in [-0.3, -0.25) is 0 Å². The summed E-state index contributed by atoms with van der Waals surface area (Å²) in [6.07, 6.45) is 4.82. The molecule has 5 nitrogen and oxygen atoms in total. The van der Waals surface area contributed by atoms with Gasteiger partial charge in [0.15, 0.2) is 5.82 Å². The monoisotopic (exact) mass is 292 g/mol. The standard InChI is InChI=1S/C16H28N4O/c1-5-9-17-13-10-14(20-15(19-13)11-21-4)18-12-7-6-8-16(12,2)3/h10,12H,5-9,11H2,1-4H3,(H2,17,18,19,20). The van der Waals surface area contributed by atoms with E-state index >= 15 is 0 Å². The molecule has 2 N–H and O–H groups in total. The maximum atomic E-state index is 5.17. The summed E-state index contributed by atoms with van der Waals surface area (Å²) in [4.78, 5) is 9.06. The van der Waals surface area contributed by atoms with Crippen LogP contribution in [0.4, 0.5) is 11.6 Å². The second kappa shape index (κ2) is 7.07. The quantitative estimate of drug-likeness (QED) is 0.806. The van der Waals surface area contributed by atoms with Gasteiger partial charge in [-0.25, -0.2) is 9.97 Å². The SMILES string of the molecule is CCCNc1cc(NC2CCCC2(C)C)nc(COC)n1. The number of rotatable bonds is 7. The first kappa shape index (κ1) is 16.0. The molecule has 5 heteroatoms. The fraction of sp³-hybridized carbons (Fsp3) is 0.750. The lowest BCUT2D eigenvalue weighted by Gasteiger charge is -2.28. The Hall–Kier alpha value is -1.36. The molecule has 0 amide bonds. The minimum absolute atomic E-state index is 0.323. The highest BCUT2D eigenvalue weighted by atomic mass is 16.5. The molecular formula is C16H28N4O. The number of aromatic nitrogens is 2. The fourth-order valence-electron chi connectivity index (χ4n) is 2.88. The van der Waals surface area contributed by atoms with Crippen molar-refractivity contribution in [1.29, 1.82) is 0 Å². The Morgan fingerprint density at radius 1 is 1.33 bits per heavy atom. The van der Waals surface area contributed by atoms with Crippen molar-refractivity contribution in [1.82, 2.24) is 9.97 Å². The molecule has 0 saturated heterocycles. The summed E-state index contributed by atoms with van der Waals surface area (Å²) < 4.78 is 5.17. The number of ether oxygens (including phenoxy) is 1. The predicted molar refractivity (Wildman–Crippen MR) is 86.6 cm³/mol. The largest absolute Gasteiger partial charge is 0.377 e. The van der Waals surface area contributed by atoms with Crippen LogP contribution in [0.3, 0.4) is 0 Å². The van der Waals surface area contributed by atoms with Crippen LogP contribution in [-0.4, -0.2) is 29.7 Å². The van der Waals surface area contributed by atoms with Gasteiger partial charge in [-0.2, -0.15) is 0 Å². The van der Waals surface area contributed by atoms with E-state index in [9.17, 15) is 0 Å². The van der Waals surface area contributed by atoms with Crippen LogP contribution in [-0.2, 0) is 11.3 Å². The van der Waals surface area contributed by atoms with E-state index in [2.05, 4.69) is 41.4 Å². The van der Waals surface area contributed by atoms with Gasteiger partial charge >= 0.3 is 0 Å². The zero-order valence-electron chi connectivity index (χ0n) is 13.7. The Morgan fingerprint density at radius 3 is 2.71 bits per heavy atom. The van der Waals surface area contributed by atoms with E-state index in [1.54, 1.807) is 7.11 Å². The number of hydrogen-bond donors (Lipinski definition) is 2. The molecule has 1 aliphatic rings. The summed E-state index contributed by atoms with van der Waals surface area (Å²) >= 11 is 0. The predicted octanol–water partition coefficient (Wildman–Crippen LogP) is 3.44. The highest BCUT2D eigenvalue weighted by molar-refractivity contribution is 5.48. The molecule has 118 valence electrons. The third-order valence-corrected chi connectivity index (χ3v) is 4.18. The summed E-state index contributed by atoms with van der Waals surface area (Å²) in [5.41, 5.74) is 0.323. The minimum atomic E-state index is 0.323. The van der Waals surface area contributed by atoms with Crippen molar-refractivity contribution >= 4 is 11.6 Å². The molecule has 0 bridgehead atoms. The van der Waals surface area contributed by atoms with Crippen molar-refractivity contribution in [2.45, 2.75) is 59.1 Å². The van der Waals surface area contributed by atoms with Crippen molar-refractivity contribution in [2.75, 3.05) is 24.3 Å². The van der Waals surface area contributed by atoms with E-state index in [0.29, 0.717) is 18.1 Å². The Morgan fingerprint density at radius 2 is 2.10 bits per heavy atom. The molecule has 1 saturated carbocycles. The van der Waals surface area contributed by atoms with Crippen LogP contribution in [0.5, 0.6) is 0 Å². The first-order chi connectivity index (χ1) is 10.0. The molecule has 0 aromatic carbocycles. The molecule has 1 fully saturated rings. The molecule has 1 unspecified atom stereocenters. The molecule has 1 aliphatic carbocycles. The van der Waals surface area contributed by atoms with Crippen LogP contribution in [0.25, 0.3) is 0 Å². The van der Waals surface area contributed by atoms with Crippen molar-refractivity contribution in [2.24, 2.45) is 5.41 Å². The van der Waals surface area contributed by atoms with E-state index in [1.807, 2.05) is 6.07 Å². The van der Waals surface area contributed by atoms with Crippen molar-refractivity contribution in [3.8, 4) is 0 Å². The summed E-state index contributed by atoms with van der Waals surface area (Å²) in [5.74, 6) is 2.49. The average Bonchev–Trinajstić information content (AvgIpc) is 2.76. The van der Waals surface area contributed by atoms with Crippen molar-refractivity contribution < 1.29 is 4.74 Å². The Balaban J connectivity index is 2.14. The topological polar surface area (TPSA) is 59.1 Å². The van der Waals surface area contributed by atoms with Gasteiger partial charge in [0, 0.05) is 25.8 Å². The maximum absolute atomic E-state index is 5.17. The highest BCUT2D eigenvalue weighted by Crippen LogP contribution is 2.38. The van der Waals surface area contributed by atoms with Crippen LogP contribution >= 0.6 is 0 Å². The van der Waals surface area contributed by atoms with E-state index in [-0.39, 0.29) is 0 Å². The molecule has 0 aliphatic heterocycles. The van der Waals surface area contributed by atoms with Crippen LogP contribution in [0.2, 0.25) is 0 Å². The summed E-state index contributed by atoms with van der Waals surface area (Å²) in [6, 6.07) is 2.48. The van der Waals surface area contributed by atoms with Gasteiger partial charge in [0.25, 0.3) is 0 Å². The summed E-state index contributed by atoms with van der Waals surface area (Å²) in [7, 11) is 1.67. The lowest BCUT2D eigenvalue weighted by molar-refractivity contribution is 0.178. The smallest absolute Gasteiger partial charge is 0.158 e. The maximum Gasteiger partial charge on any atom is 0.158 e. The number of methoxy groups -OCH3 is 1. The zero-order valence-corrected chi connectivity index (χ0v) is 13.7. The summed E-state index contributed by atoms with van der Waals surface area (Å²) in [6.45, 7) is 8.14. The zero-order chi connectivity index (χ0) is 15.3. The summed E-state index contributed by atoms with van der Waals surface area (Å²) in [5, 5.41) is 6.93. The first-order valence-electron chi connectivity index (χ1n) is 7.92. The second-order valence-corrected chi connectivity index (χ2v) is 6.49. The Kier molecular flexibility index (Phi) is 5.39. The second-order valence-electron chi connectivity index (χ2n) is 6.49. The molecule has 1 atom stereocenters. The van der Waals surface area contributed by atoms with Gasteiger partial charge in [-0.05, 0) is 24.7 Å². The van der Waals surface area contributed by atoms with Crippen LogP contribution < -0.4 is 10.6 Å². The van der Waals surface area contributed by atoms with Crippen LogP contribution in [0.15, 0.2) is 6.07 Å². The third kappa shape index (κ3) is 4.30. The van der Waals surface area contributed by atoms with E-state index in [0.717, 1.165) is 30.4 Å². The third-order valence-electron chi connectivity index (χ3n) is 4.18. The molecule has 21 heavy (non-hydrogen) atoms. The van der Waals surface area contributed by atoms with Gasteiger partial charge in [-0.1, -0.05) is 27.2 Å². The fourth-order valence-corrected chi connectivity index (χ4v) is 2.88. The minimum Gasteiger partial charge on any atom is -0.377 e. The Bertz CT molecular complexity index is 462. The highest BCUT2D eigenvalue weighted by Gasteiger charge is 2.34. The molecule has 2 rings (SSSR count). The number of nitrogens with one attached hydrogen (secondary N) is 2. The van der Waals surface area contributed by atoms with Crippen LogP contribution in [0.1, 0.15) is 52.3 Å².